The smallest absolute Gasteiger partial charge is 0.254 e. The van der Waals surface area contributed by atoms with Gasteiger partial charge in [0.05, 0.1) is 13.1 Å². The van der Waals surface area contributed by atoms with Gasteiger partial charge < -0.3 is 16.2 Å². The number of aryl methyl sites for hydroxylation is 1. The molecule has 0 spiro atoms. The number of aliphatic hydroxyl groups excluding tert-OH is 1. The maximum atomic E-state index is 13.3. The molecule has 4 unspecified atom stereocenters. The Bertz CT molecular complexity index is 896. The molecule has 2 fully saturated rings. The quantitative estimate of drug-likeness (QED) is 0.223. The second-order valence-electron chi connectivity index (χ2n) is 10.1. The number of rotatable bonds is 9. The lowest BCUT2D eigenvalue weighted by atomic mass is 9.68. The number of benzene rings is 1. The van der Waals surface area contributed by atoms with E-state index in [0.717, 1.165) is 24.0 Å². The second kappa shape index (κ2) is 9.87. The van der Waals surface area contributed by atoms with Crippen LogP contribution in [-0.4, -0.2) is 42.1 Å². The molecule has 4 N–H and O–H groups in total. The molecule has 1 aromatic carbocycles. The normalized spacial score (nSPS) is 27.8. The molecule has 3 rings (SSSR count). The summed E-state index contributed by atoms with van der Waals surface area (Å²) in [6.07, 6.45) is 3.94. The van der Waals surface area contributed by atoms with E-state index >= 15 is 0 Å². The number of amidine groups is 1. The van der Waals surface area contributed by atoms with Crippen LogP contribution in [-0.2, 0) is 11.3 Å². The van der Waals surface area contributed by atoms with Gasteiger partial charge in [0.25, 0.3) is 5.91 Å². The topological polar surface area (TPSA) is 112 Å². The number of carbonyl (C=O) groups is 1. The van der Waals surface area contributed by atoms with Crippen molar-refractivity contribution in [1.82, 2.24) is 5.32 Å². The van der Waals surface area contributed by atoms with Crippen molar-refractivity contribution in [3.63, 3.8) is 0 Å². The van der Waals surface area contributed by atoms with Gasteiger partial charge in [-0.2, -0.15) is 10.2 Å². The van der Waals surface area contributed by atoms with E-state index in [4.69, 9.17) is 22.4 Å². The van der Waals surface area contributed by atoms with Crippen LogP contribution < -0.4 is 11.1 Å². The van der Waals surface area contributed by atoms with E-state index in [1.807, 2.05) is 25.1 Å². The zero-order chi connectivity index (χ0) is 23.5. The minimum Gasteiger partial charge on any atom is -0.396 e. The number of halogens is 1. The van der Waals surface area contributed by atoms with Crippen LogP contribution in [0, 0.1) is 23.7 Å². The minimum atomic E-state index is -0.986. The van der Waals surface area contributed by atoms with Crippen LogP contribution in [0.3, 0.4) is 0 Å². The van der Waals surface area contributed by atoms with Crippen LogP contribution in [0.2, 0.25) is 5.02 Å². The van der Waals surface area contributed by atoms with Crippen LogP contribution >= 0.6 is 11.6 Å². The summed E-state index contributed by atoms with van der Waals surface area (Å²) in [5.41, 5.74) is 8.29. The van der Waals surface area contributed by atoms with Crippen molar-refractivity contribution >= 4 is 23.3 Å². The van der Waals surface area contributed by atoms with Gasteiger partial charge in [0.1, 0.15) is 5.84 Å². The van der Waals surface area contributed by atoms with Gasteiger partial charge in [-0.1, -0.05) is 44.5 Å². The summed E-state index contributed by atoms with van der Waals surface area (Å²) in [7, 11) is 0. The number of aliphatic hydroxyl groups is 1. The number of carbonyl (C=O) groups excluding carboxylic acids is 1. The van der Waals surface area contributed by atoms with Gasteiger partial charge in [-0.3, -0.25) is 9.79 Å². The molecule has 7 nitrogen and oxygen atoms in total. The summed E-state index contributed by atoms with van der Waals surface area (Å²) in [5, 5.41) is 21.2. The van der Waals surface area contributed by atoms with Crippen molar-refractivity contribution in [2.75, 3.05) is 13.2 Å². The van der Waals surface area contributed by atoms with E-state index in [2.05, 4.69) is 41.3 Å². The fraction of sp³-hybridized carbons (Fsp3) is 0.667. The van der Waals surface area contributed by atoms with Gasteiger partial charge in [0.15, 0.2) is 0 Å². The molecule has 1 amide bonds. The third-order valence-corrected chi connectivity index (χ3v) is 7.79. The second-order valence-corrected chi connectivity index (χ2v) is 10.5. The molecule has 176 valence electrons. The summed E-state index contributed by atoms with van der Waals surface area (Å²) in [4.78, 5) is 17.8. The first-order valence-corrected chi connectivity index (χ1v) is 11.8. The van der Waals surface area contributed by atoms with Crippen molar-refractivity contribution in [2.24, 2.45) is 37.7 Å². The molecule has 0 radical (unpaired) electrons. The highest BCUT2D eigenvalue weighted by Crippen LogP contribution is 2.62. The molecule has 0 saturated heterocycles. The molecule has 4 atom stereocenters. The predicted octanol–water partition coefficient (Wildman–Crippen LogP) is 4.04. The van der Waals surface area contributed by atoms with Gasteiger partial charge in [-0.25, -0.2) is 0 Å². The summed E-state index contributed by atoms with van der Waals surface area (Å²) < 4.78 is 0. The average molecular weight is 462 g/mol. The Hall–Kier alpha value is -1.99. The zero-order valence-electron chi connectivity index (χ0n) is 19.6. The molecular formula is C24H36ClN5O2. The first-order chi connectivity index (χ1) is 15.1. The first kappa shape index (κ1) is 24.6. The summed E-state index contributed by atoms with van der Waals surface area (Å²) in [6.45, 7) is 9.36. The molecule has 0 aromatic heterocycles. The Morgan fingerprint density at radius 2 is 2.12 bits per heavy atom. The van der Waals surface area contributed by atoms with Crippen LogP contribution in [0.25, 0.3) is 0 Å². The molecule has 0 aliphatic heterocycles. The maximum absolute atomic E-state index is 13.3. The summed E-state index contributed by atoms with van der Waals surface area (Å²) in [6, 6.07) is 4.75. The first-order valence-electron chi connectivity index (χ1n) is 11.4. The highest BCUT2D eigenvalue weighted by Gasteiger charge is 2.60. The highest BCUT2D eigenvalue weighted by molar-refractivity contribution is 6.31. The van der Waals surface area contributed by atoms with E-state index < -0.39 is 6.04 Å². The van der Waals surface area contributed by atoms with Crippen molar-refractivity contribution in [3.8, 4) is 0 Å². The number of nitrogens with zero attached hydrogens (tertiary/aromatic N) is 3. The van der Waals surface area contributed by atoms with Crippen molar-refractivity contribution < 1.29 is 9.90 Å². The van der Waals surface area contributed by atoms with Crippen molar-refractivity contribution in [3.05, 3.63) is 34.3 Å². The molecule has 8 heteroatoms. The lowest BCUT2D eigenvalue weighted by Crippen LogP contribution is -2.56. The van der Waals surface area contributed by atoms with Gasteiger partial charge in [0, 0.05) is 17.7 Å². The number of amides is 1. The molecule has 2 aliphatic rings. The van der Waals surface area contributed by atoms with Gasteiger partial charge in [-0.15, -0.1) is 0 Å². The largest absolute Gasteiger partial charge is 0.396 e. The number of fused-ring (bicyclic) bond motifs is 2. The Labute approximate surface area is 195 Å². The Morgan fingerprint density at radius 3 is 2.75 bits per heavy atom. The summed E-state index contributed by atoms with van der Waals surface area (Å²) >= 11 is 6.10. The lowest BCUT2D eigenvalue weighted by Gasteiger charge is -2.43. The lowest BCUT2D eigenvalue weighted by molar-refractivity contribution is -0.123. The van der Waals surface area contributed by atoms with Crippen LogP contribution in [0.5, 0.6) is 0 Å². The molecular weight excluding hydrogens is 426 g/mol. The molecule has 2 aliphatic carbocycles. The zero-order valence-corrected chi connectivity index (χ0v) is 20.3. The number of azo groups is 1. The SMILES string of the molecule is Cc1cc(CN=C(N)C(N=NCCCO)C(=O)NC2C3(C)CCC(C3)C2(C)C)ccc1Cl. The van der Waals surface area contributed by atoms with Gasteiger partial charge in [-0.05, 0) is 66.5 Å². The molecule has 1 aromatic rings. The number of hydrogen-bond donors (Lipinski definition) is 3. The highest BCUT2D eigenvalue weighted by atomic mass is 35.5. The summed E-state index contributed by atoms with van der Waals surface area (Å²) in [5.74, 6) is 0.480. The molecule has 2 saturated carbocycles. The Morgan fingerprint density at radius 1 is 1.38 bits per heavy atom. The number of nitrogens with one attached hydrogen (secondary N) is 1. The van der Waals surface area contributed by atoms with Crippen LogP contribution in [0.4, 0.5) is 0 Å². The van der Waals surface area contributed by atoms with Gasteiger partial charge >= 0.3 is 0 Å². The standard InChI is InChI=1S/C24H36ClN5O2/c1-15-12-16(6-7-18(15)25)14-27-20(26)19(30-28-10-5-11-31)21(32)29-22-23(2,3)17-8-9-24(22,4)13-17/h6-7,12,17,19,22,31H,5,8-11,13-14H2,1-4H3,(H2,26,27)(H,29,32). The van der Waals surface area contributed by atoms with E-state index in [-0.39, 0.29) is 35.2 Å². The number of nitrogens with two attached hydrogens (primary N) is 1. The monoisotopic (exact) mass is 461 g/mol. The van der Waals surface area contributed by atoms with Crippen LogP contribution in [0.1, 0.15) is 57.6 Å². The Kier molecular flexibility index (Phi) is 7.61. The molecule has 0 heterocycles. The van der Waals surface area contributed by atoms with Crippen LogP contribution in [0.15, 0.2) is 33.4 Å². The van der Waals surface area contributed by atoms with E-state index in [1.165, 1.54) is 6.42 Å². The van der Waals surface area contributed by atoms with Crippen molar-refractivity contribution in [1.29, 1.82) is 0 Å². The fourth-order valence-corrected chi connectivity index (χ4v) is 5.60. The van der Waals surface area contributed by atoms with Gasteiger partial charge in [0.2, 0.25) is 6.04 Å². The number of aliphatic imine (C=N–C) groups is 1. The third kappa shape index (κ3) is 5.15. The number of hydrogen-bond acceptors (Lipinski definition) is 5. The maximum Gasteiger partial charge on any atom is 0.254 e. The van der Waals surface area contributed by atoms with E-state index in [0.29, 0.717) is 30.5 Å². The van der Waals surface area contributed by atoms with E-state index in [9.17, 15) is 4.79 Å². The fourth-order valence-electron chi connectivity index (χ4n) is 5.48. The van der Waals surface area contributed by atoms with E-state index in [1.54, 1.807) is 0 Å². The third-order valence-electron chi connectivity index (χ3n) is 7.36. The van der Waals surface area contributed by atoms with Crippen molar-refractivity contribution in [2.45, 2.75) is 72.0 Å². The Balaban J connectivity index is 1.77. The predicted molar refractivity (Wildman–Crippen MR) is 128 cm³/mol. The molecule has 32 heavy (non-hydrogen) atoms. The molecule has 2 bridgehead atoms. The minimum absolute atomic E-state index is 0.0192. The average Bonchev–Trinajstić information content (AvgIpc) is 3.22.